The maximum atomic E-state index is 6.03. The number of methoxy groups -OCH3 is 2. The lowest BCUT2D eigenvalue weighted by Crippen LogP contribution is -2.36. The molecule has 1 aromatic heterocycles. The van der Waals surface area contributed by atoms with Crippen LogP contribution in [0.4, 0.5) is 5.82 Å². The van der Waals surface area contributed by atoms with Crippen molar-refractivity contribution in [1.29, 1.82) is 0 Å². The average Bonchev–Trinajstić information content (AvgIpc) is 2.45. The Morgan fingerprint density at radius 3 is 2.50 bits per heavy atom. The van der Waals surface area contributed by atoms with Crippen LogP contribution in [0.25, 0.3) is 0 Å². The molecule has 0 aromatic carbocycles. The number of hydrogen-bond acceptors (Lipinski definition) is 5. The molecule has 1 fully saturated rings. The SMILES string of the molecule is COCc1nc(C2(OC)CCC(C)CC2)nc(N)c1I. The molecule has 5 nitrogen and oxygen atoms in total. The Kier molecular flexibility index (Phi) is 5.19. The molecule has 1 saturated carbocycles. The van der Waals surface area contributed by atoms with Crippen molar-refractivity contribution in [2.45, 2.75) is 44.8 Å². The van der Waals surface area contributed by atoms with Crippen LogP contribution in [0.3, 0.4) is 0 Å². The summed E-state index contributed by atoms with van der Waals surface area (Å²) < 4.78 is 11.9. The van der Waals surface area contributed by atoms with E-state index in [0.29, 0.717) is 18.2 Å². The van der Waals surface area contributed by atoms with Gasteiger partial charge in [0.1, 0.15) is 11.4 Å². The normalized spacial score (nSPS) is 26.7. The minimum absolute atomic E-state index is 0.395. The van der Waals surface area contributed by atoms with E-state index in [2.05, 4.69) is 39.5 Å². The van der Waals surface area contributed by atoms with Crippen LogP contribution in [0.15, 0.2) is 0 Å². The number of ether oxygens (including phenoxy) is 2. The summed E-state index contributed by atoms with van der Waals surface area (Å²) in [7, 11) is 3.39. The van der Waals surface area contributed by atoms with Gasteiger partial charge in [-0.15, -0.1) is 0 Å². The number of nitrogen functional groups attached to an aromatic ring is 1. The number of anilines is 1. The van der Waals surface area contributed by atoms with Crippen molar-refractivity contribution in [3.63, 3.8) is 0 Å². The summed E-state index contributed by atoms with van der Waals surface area (Å²) in [6, 6.07) is 0. The van der Waals surface area contributed by atoms with Gasteiger partial charge < -0.3 is 15.2 Å². The van der Waals surface area contributed by atoms with E-state index in [1.807, 2.05) is 0 Å². The van der Waals surface area contributed by atoms with Crippen LogP contribution in [0.1, 0.15) is 44.1 Å². The van der Waals surface area contributed by atoms with Gasteiger partial charge in [0.25, 0.3) is 0 Å². The van der Waals surface area contributed by atoms with Crippen molar-refractivity contribution in [1.82, 2.24) is 9.97 Å². The van der Waals surface area contributed by atoms with Gasteiger partial charge in [-0.05, 0) is 54.2 Å². The van der Waals surface area contributed by atoms with Gasteiger partial charge in [0.15, 0.2) is 5.82 Å². The Morgan fingerprint density at radius 2 is 1.95 bits per heavy atom. The molecule has 1 aromatic rings. The van der Waals surface area contributed by atoms with Crippen molar-refractivity contribution < 1.29 is 9.47 Å². The quantitative estimate of drug-likeness (QED) is 0.800. The van der Waals surface area contributed by atoms with Crippen LogP contribution in [0.5, 0.6) is 0 Å². The van der Waals surface area contributed by atoms with Crippen molar-refractivity contribution in [3.05, 3.63) is 15.1 Å². The number of hydrogen-bond donors (Lipinski definition) is 1. The highest BCUT2D eigenvalue weighted by Crippen LogP contribution is 2.41. The average molecular weight is 391 g/mol. The first-order valence-corrected chi connectivity index (χ1v) is 7.96. The maximum absolute atomic E-state index is 6.03. The lowest BCUT2D eigenvalue weighted by atomic mass is 9.79. The number of halogens is 1. The number of rotatable bonds is 4. The van der Waals surface area contributed by atoms with E-state index in [1.54, 1.807) is 14.2 Å². The van der Waals surface area contributed by atoms with E-state index in [9.17, 15) is 0 Å². The molecule has 0 unspecified atom stereocenters. The highest BCUT2D eigenvalue weighted by atomic mass is 127. The topological polar surface area (TPSA) is 70.3 Å². The fraction of sp³-hybridized carbons (Fsp3) is 0.714. The molecule has 1 heterocycles. The molecule has 6 heteroatoms. The van der Waals surface area contributed by atoms with Gasteiger partial charge in [-0.25, -0.2) is 9.97 Å². The van der Waals surface area contributed by atoms with Crippen LogP contribution in [-0.4, -0.2) is 24.2 Å². The Hall–Kier alpha value is -0.470. The first-order chi connectivity index (χ1) is 9.52. The van der Waals surface area contributed by atoms with Crippen molar-refractivity contribution in [2.24, 2.45) is 5.92 Å². The molecule has 0 radical (unpaired) electrons. The lowest BCUT2D eigenvalue weighted by Gasteiger charge is -2.37. The van der Waals surface area contributed by atoms with Crippen LogP contribution in [0, 0.1) is 9.49 Å². The predicted molar refractivity (Wildman–Crippen MR) is 86.2 cm³/mol. The molecule has 112 valence electrons. The minimum Gasteiger partial charge on any atom is -0.383 e. The first-order valence-electron chi connectivity index (χ1n) is 6.89. The molecule has 0 bridgehead atoms. The van der Waals surface area contributed by atoms with Crippen molar-refractivity contribution in [2.75, 3.05) is 20.0 Å². The Balaban J connectivity index is 2.39. The van der Waals surface area contributed by atoms with E-state index in [-0.39, 0.29) is 0 Å². The van der Waals surface area contributed by atoms with Gasteiger partial charge in [-0.1, -0.05) is 6.92 Å². The Labute approximate surface area is 133 Å². The second-order valence-corrected chi connectivity index (χ2v) is 6.59. The van der Waals surface area contributed by atoms with E-state index >= 15 is 0 Å². The molecule has 0 spiro atoms. The summed E-state index contributed by atoms with van der Waals surface area (Å²) in [4.78, 5) is 9.15. The van der Waals surface area contributed by atoms with E-state index in [1.165, 1.54) is 0 Å². The van der Waals surface area contributed by atoms with E-state index in [4.69, 9.17) is 15.2 Å². The van der Waals surface area contributed by atoms with Gasteiger partial charge in [0, 0.05) is 14.2 Å². The summed E-state index contributed by atoms with van der Waals surface area (Å²) in [6.45, 7) is 2.72. The summed E-state index contributed by atoms with van der Waals surface area (Å²) >= 11 is 2.17. The summed E-state index contributed by atoms with van der Waals surface area (Å²) in [5.41, 5.74) is 6.47. The minimum atomic E-state index is -0.395. The molecule has 0 saturated heterocycles. The molecule has 2 rings (SSSR count). The second kappa shape index (κ2) is 6.53. The first kappa shape index (κ1) is 15.9. The molecule has 20 heavy (non-hydrogen) atoms. The molecule has 1 aliphatic rings. The van der Waals surface area contributed by atoms with Gasteiger partial charge in [0.2, 0.25) is 0 Å². The lowest BCUT2D eigenvalue weighted by molar-refractivity contribution is -0.0599. The Bertz CT molecular complexity index is 474. The van der Waals surface area contributed by atoms with Crippen molar-refractivity contribution >= 4 is 28.4 Å². The highest BCUT2D eigenvalue weighted by Gasteiger charge is 2.39. The standard InChI is InChI=1S/C14H22IN3O2/c1-9-4-6-14(20-3,7-5-9)13-17-10(8-19-2)11(15)12(16)18-13/h9H,4-8H2,1-3H3,(H2,16,17,18). The van der Waals surface area contributed by atoms with Gasteiger partial charge >= 0.3 is 0 Å². The molecule has 1 aliphatic carbocycles. The molecular formula is C14H22IN3O2. The van der Waals surface area contributed by atoms with Crippen LogP contribution in [0.2, 0.25) is 0 Å². The summed E-state index contributed by atoms with van der Waals surface area (Å²) in [6.07, 6.45) is 4.14. The zero-order valence-corrected chi connectivity index (χ0v) is 14.4. The maximum Gasteiger partial charge on any atom is 0.163 e. The van der Waals surface area contributed by atoms with E-state index < -0.39 is 5.60 Å². The zero-order valence-electron chi connectivity index (χ0n) is 12.3. The van der Waals surface area contributed by atoms with Gasteiger partial charge in [-0.2, -0.15) is 0 Å². The highest BCUT2D eigenvalue weighted by molar-refractivity contribution is 14.1. The third-order valence-electron chi connectivity index (χ3n) is 4.11. The molecule has 2 N–H and O–H groups in total. The van der Waals surface area contributed by atoms with Gasteiger partial charge in [0.05, 0.1) is 15.9 Å². The van der Waals surface area contributed by atoms with Crippen LogP contribution < -0.4 is 5.73 Å². The van der Waals surface area contributed by atoms with E-state index in [0.717, 1.165) is 40.9 Å². The molecule has 0 aliphatic heterocycles. The van der Waals surface area contributed by atoms with Crippen LogP contribution >= 0.6 is 22.6 Å². The molecular weight excluding hydrogens is 369 g/mol. The number of nitrogens with two attached hydrogens (primary N) is 1. The largest absolute Gasteiger partial charge is 0.383 e. The fourth-order valence-corrected chi connectivity index (χ4v) is 3.09. The Morgan fingerprint density at radius 1 is 1.30 bits per heavy atom. The number of aromatic nitrogens is 2. The molecule has 0 atom stereocenters. The third kappa shape index (κ3) is 3.07. The molecule has 0 amide bonds. The zero-order chi connectivity index (χ0) is 14.8. The van der Waals surface area contributed by atoms with Gasteiger partial charge in [-0.3, -0.25) is 0 Å². The second-order valence-electron chi connectivity index (χ2n) is 5.51. The fourth-order valence-electron chi connectivity index (χ4n) is 2.70. The van der Waals surface area contributed by atoms with Crippen LogP contribution in [-0.2, 0) is 21.7 Å². The summed E-state index contributed by atoms with van der Waals surface area (Å²) in [5.74, 6) is 1.95. The monoisotopic (exact) mass is 391 g/mol. The predicted octanol–water partition coefficient (Wildman–Crippen LogP) is 2.86. The summed E-state index contributed by atoms with van der Waals surface area (Å²) in [5, 5.41) is 0. The third-order valence-corrected chi connectivity index (χ3v) is 5.28. The smallest absolute Gasteiger partial charge is 0.163 e. The van der Waals surface area contributed by atoms with Crippen molar-refractivity contribution in [3.8, 4) is 0 Å². The number of nitrogens with zero attached hydrogens (tertiary/aromatic N) is 2.